The van der Waals surface area contributed by atoms with E-state index in [9.17, 15) is 13.2 Å². The molecule has 0 saturated carbocycles. The third kappa shape index (κ3) is 6.25. The highest BCUT2D eigenvalue weighted by Crippen LogP contribution is 2.25. The largest absolute Gasteiger partial charge is 0.325 e. The van der Waals surface area contributed by atoms with Crippen molar-refractivity contribution in [2.24, 2.45) is 0 Å². The van der Waals surface area contributed by atoms with E-state index in [2.05, 4.69) is 25.0 Å². The van der Waals surface area contributed by atoms with Crippen LogP contribution in [0.5, 0.6) is 0 Å². The number of pyridine rings is 1. The molecule has 0 bridgehead atoms. The molecule has 1 amide bonds. The first kappa shape index (κ1) is 22.7. The number of carbonyl (C=O) groups is 1. The summed E-state index contributed by atoms with van der Waals surface area (Å²) in [6, 6.07) is 13.2. The van der Waals surface area contributed by atoms with Crippen molar-refractivity contribution in [1.29, 1.82) is 0 Å². The molecule has 8 nitrogen and oxygen atoms in total. The minimum atomic E-state index is -3.85. The van der Waals surface area contributed by atoms with E-state index in [0.717, 1.165) is 5.03 Å². The van der Waals surface area contributed by atoms with Crippen LogP contribution in [0.1, 0.15) is 24.7 Å². The number of nitrogens with one attached hydrogen (secondary N) is 2. The first-order chi connectivity index (χ1) is 14.8. The van der Waals surface area contributed by atoms with Gasteiger partial charge in [0.05, 0.1) is 15.2 Å². The number of benzene rings is 1. The second-order valence-electron chi connectivity index (χ2n) is 6.78. The zero-order chi connectivity index (χ0) is 22.4. The molecule has 0 aliphatic rings. The lowest BCUT2D eigenvalue weighted by Crippen LogP contribution is -2.24. The van der Waals surface area contributed by atoms with Crippen LogP contribution in [-0.2, 0) is 14.8 Å². The van der Waals surface area contributed by atoms with Gasteiger partial charge in [0.25, 0.3) is 10.0 Å². The van der Waals surface area contributed by atoms with E-state index in [0.29, 0.717) is 23.5 Å². The van der Waals surface area contributed by atoms with Crippen molar-refractivity contribution in [3.8, 4) is 0 Å². The predicted octanol–water partition coefficient (Wildman–Crippen LogP) is 3.80. The minimum Gasteiger partial charge on any atom is -0.325 e. The zero-order valence-electron chi connectivity index (χ0n) is 17.4. The number of carbonyl (C=O) groups excluding carboxylic acids is 1. The Labute approximate surface area is 186 Å². The molecular weight excluding hydrogens is 434 g/mol. The molecule has 10 heteroatoms. The van der Waals surface area contributed by atoms with Crippen molar-refractivity contribution in [3.63, 3.8) is 0 Å². The Hall–Kier alpha value is -2.98. The van der Waals surface area contributed by atoms with Gasteiger partial charge in [0, 0.05) is 23.3 Å². The van der Waals surface area contributed by atoms with Crippen LogP contribution in [0.25, 0.3) is 0 Å². The number of aromatic nitrogens is 3. The van der Waals surface area contributed by atoms with E-state index in [1.54, 1.807) is 38.2 Å². The fourth-order valence-electron chi connectivity index (χ4n) is 2.78. The molecule has 1 atom stereocenters. The molecule has 0 aliphatic heterocycles. The highest BCUT2D eigenvalue weighted by atomic mass is 32.2. The van der Waals surface area contributed by atoms with E-state index in [-0.39, 0.29) is 22.0 Å². The van der Waals surface area contributed by atoms with Crippen LogP contribution < -0.4 is 10.0 Å². The Kier molecular flexibility index (Phi) is 7.24. The maximum Gasteiger partial charge on any atom is 0.264 e. The van der Waals surface area contributed by atoms with Crippen molar-refractivity contribution in [2.75, 3.05) is 10.0 Å². The lowest BCUT2D eigenvalue weighted by Gasteiger charge is -2.14. The maximum atomic E-state index is 12.6. The summed E-state index contributed by atoms with van der Waals surface area (Å²) in [6.45, 7) is 5.45. The molecule has 162 valence electrons. The molecule has 2 N–H and O–H groups in total. The van der Waals surface area contributed by atoms with Crippen LogP contribution in [0.2, 0.25) is 0 Å². The molecule has 2 aromatic heterocycles. The molecular formula is C21H23N5O3S2. The van der Waals surface area contributed by atoms with Gasteiger partial charge in [-0.15, -0.1) is 0 Å². The van der Waals surface area contributed by atoms with E-state index in [4.69, 9.17) is 0 Å². The topological polar surface area (TPSA) is 114 Å². The number of hydrogen-bond donors (Lipinski definition) is 2. The molecule has 3 rings (SSSR count). The summed E-state index contributed by atoms with van der Waals surface area (Å²) >= 11 is 1.38. The van der Waals surface area contributed by atoms with Gasteiger partial charge in [-0.25, -0.2) is 28.1 Å². The van der Waals surface area contributed by atoms with E-state index >= 15 is 0 Å². The first-order valence-corrected chi connectivity index (χ1v) is 12.0. The summed E-state index contributed by atoms with van der Waals surface area (Å²) in [5.41, 5.74) is 1.83. The Morgan fingerprint density at radius 1 is 1.06 bits per heavy atom. The molecule has 0 saturated heterocycles. The third-order valence-corrected chi connectivity index (χ3v) is 6.86. The smallest absolute Gasteiger partial charge is 0.264 e. The predicted molar refractivity (Wildman–Crippen MR) is 122 cm³/mol. The number of nitrogens with zero attached hydrogens (tertiary/aromatic N) is 3. The summed E-state index contributed by atoms with van der Waals surface area (Å²) in [4.78, 5) is 25.1. The summed E-state index contributed by atoms with van der Waals surface area (Å²) in [6.07, 6.45) is 2.31. The van der Waals surface area contributed by atoms with Crippen molar-refractivity contribution < 1.29 is 13.2 Å². The van der Waals surface area contributed by atoms with Gasteiger partial charge in [-0.2, -0.15) is 0 Å². The summed E-state index contributed by atoms with van der Waals surface area (Å²) in [5.74, 6) is -0.150. The summed E-state index contributed by atoms with van der Waals surface area (Å²) in [7, 11) is -3.85. The van der Waals surface area contributed by atoms with E-state index in [1.165, 1.54) is 23.9 Å². The SMILES string of the molecule is CCC(Sc1ccccn1)C(=O)Nc1ccc(S(=O)(=O)Nc2nc(C)cc(C)n2)cc1. The second-order valence-corrected chi connectivity index (χ2v) is 9.68. The van der Waals surface area contributed by atoms with Crippen molar-refractivity contribution in [2.45, 2.75) is 42.4 Å². The number of anilines is 2. The van der Waals surface area contributed by atoms with Gasteiger partial charge in [0.1, 0.15) is 0 Å². The fourth-order valence-corrected chi connectivity index (χ4v) is 4.62. The van der Waals surface area contributed by atoms with Crippen LogP contribution in [0.15, 0.2) is 64.6 Å². The first-order valence-electron chi connectivity index (χ1n) is 9.60. The van der Waals surface area contributed by atoms with Gasteiger partial charge in [0.2, 0.25) is 11.9 Å². The Bertz CT molecular complexity index is 1130. The monoisotopic (exact) mass is 457 g/mol. The molecule has 0 radical (unpaired) electrons. The molecule has 1 aromatic carbocycles. The standard InChI is InChI=1S/C21H23N5O3S2/c1-4-18(30-19-7-5-6-12-22-19)20(27)25-16-8-10-17(11-9-16)31(28,29)26-21-23-14(2)13-15(3)24-21/h5-13,18H,4H2,1-3H3,(H,25,27)(H,23,24,26). The number of hydrogen-bond acceptors (Lipinski definition) is 7. The zero-order valence-corrected chi connectivity index (χ0v) is 19.0. The highest BCUT2D eigenvalue weighted by Gasteiger charge is 2.20. The maximum absolute atomic E-state index is 12.6. The lowest BCUT2D eigenvalue weighted by atomic mass is 10.3. The average molecular weight is 458 g/mol. The van der Waals surface area contributed by atoms with E-state index < -0.39 is 10.0 Å². The van der Waals surface area contributed by atoms with Gasteiger partial charge < -0.3 is 5.32 Å². The van der Waals surface area contributed by atoms with Crippen molar-refractivity contribution in [3.05, 3.63) is 66.1 Å². The molecule has 0 spiro atoms. The summed E-state index contributed by atoms with van der Waals surface area (Å²) < 4.78 is 27.6. The van der Waals surface area contributed by atoms with Gasteiger partial charge in [-0.05, 0) is 62.7 Å². The Balaban J connectivity index is 1.68. The number of sulfonamides is 1. The van der Waals surface area contributed by atoms with Gasteiger partial charge in [-0.1, -0.05) is 24.8 Å². The minimum absolute atomic E-state index is 0.0206. The Morgan fingerprint density at radius 2 is 1.74 bits per heavy atom. The molecule has 31 heavy (non-hydrogen) atoms. The van der Waals surface area contributed by atoms with Crippen molar-refractivity contribution >= 4 is 39.3 Å². The highest BCUT2D eigenvalue weighted by molar-refractivity contribution is 8.00. The average Bonchev–Trinajstić information content (AvgIpc) is 2.72. The normalized spacial score (nSPS) is 12.2. The fraction of sp³-hybridized carbons (Fsp3) is 0.238. The van der Waals surface area contributed by atoms with E-state index in [1.807, 2.05) is 25.1 Å². The van der Waals surface area contributed by atoms with Crippen LogP contribution >= 0.6 is 11.8 Å². The Morgan fingerprint density at radius 3 is 2.32 bits per heavy atom. The molecule has 0 aliphatic carbocycles. The van der Waals surface area contributed by atoms with Gasteiger partial charge >= 0.3 is 0 Å². The molecule has 1 unspecified atom stereocenters. The van der Waals surface area contributed by atoms with Crippen LogP contribution in [0.3, 0.4) is 0 Å². The molecule has 0 fully saturated rings. The molecule has 3 aromatic rings. The number of aryl methyl sites for hydroxylation is 2. The van der Waals surface area contributed by atoms with Crippen LogP contribution in [-0.4, -0.2) is 34.5 Å². The number of thioether (sulfide) groups is 1. The van der Waals surface area contributed by atoms with Crippen LogP contribution in [0, 0.1) is 13.8 Å². The molecule has 2 heterocycles. The lowest BCUT2D eigenvalue weighted by molar-refractivity contribution is -0.115. The van der Waals surface area contributed by atoms with Gasteiger partial charge in [-0.3, -0.25) is 4.79 Å². The summed E-state index contributed by atoms with van der Waals surface area (Å²) in [5, 5.41) is 3.28. The number of rotatable bonds is 8. The van der Waals surface area contributed by atoms with Gasteiger partial charge in [0.15, 0.2) is 0 Å². The van der Waals surface area contributed by atoms with Crippen molar-refractivity contribution in [1.82, 2.24) is 15.0 Å². The second kappa shape index (κ2) is 9.88. The quantitative estimate of drug-likeness (QED) is 0.495. The van der Waals surface area contributed by atoms with Crippen LogP contribution in [0.4, 0.5) is 11.6 Å². The third-order valence-electron chi connectivity index (χ3n) is 4.20. The number of amides is 1.